The SMILES string of the molecule is CC(SCC(=O)Nc1ccc(F)cc1)C(=O)NCCc1cnn(-c2ccccc2)c1. The Morgan fingerprint density at radius 1 is 1.13 bits per heavy atom. The molecular formula is C22H23FN4O2S. The monoisotopic (exact) mass is 426 g/mol. The zero-order chi connectivity index (χ0) is 21.3. The molecule has 0 fully saturated rings. The van der Waals surface area contributed by atoms with Crippen molar-refractivity contribution in [1.82, 2.24) is 15.1 Å². The number of carbonyl (C=O) groups is 2. The molecule has 0 aliphatic carbocycles. The van der Waals surface area contributed by atoms with Crippen LogP contribution in [0.4, 0.5) is 10.1 Å². The van der Waals surface area contributed by atoms with Gasteiger partial charge >= 0.3 is 0 Å². The standard InChI is InChI=1S/C22H23FN4O2S/c1-16(30-15-21(28)26-19-9-7-18(23)8-10-19)22(29)24-12-11-17-13-25-27(14-17)20-5-3-2-4-6-20/h2-10,13-14,16H,11-12,15H2,1H3,(H,24,29)(H,26,28). The second-order valence-corrected chi connectivity index (χ2v) is 8.01. The number of aromatic nitrogens is 2. The first-order valence-corrected chi connectivity index (χ1v) is 10.6. The van der Waals surface area contributed by atoms with Gasteiger partial charge in [0.25, 0.3) is 0 Å². The zero-order valence-corrected chi connectivity index (χ0v) is 17.4. The summed E-state index contributed by atoms with van der Waals surface area (Å²) in [6, 6.07) is 15.4. The minimum Gasteiger partial charge on any atom is -0.355 e. The van der Waals surface area contributed by atoms with Gasteiger partial charge < -0.3 is 10.6 Å². The number of halogens is 1. The fourth-order valence-corrected chi connectivity index (χ4v) is 3.40. The molecule has 3 rings (SSSR count). The summed E-state index contributed by atoms with van der Waals surface area (Å²) in [5.74, 6) is -0.583. The van der Waals surface area contributed by atoms with E-state index >= 15 is 0 Å². The number of nitrogens with zero attached hydrogens (tertiary/aromatic N) is 2. The van der Waals surface area contributed by atoms with Gasteiger partial charge in [0, 0.05) is 18.4 Å². The van der Waals surface area contributed by atoms with Gasteiger partial charge in [0.1, 0.15) is 5.82 Å². The number of benzene rings is 2. The summed E-state index contributed by atoms with van der Waals surface area (Å²) in [5.41, 5.74) is 2.53. The molecule has 2 amide bonds. The minimum atomic E-state index is -0.365. The van der Waals surface area contributed by atoms with E-state index in [1.54, 1.807) is 17.8 Å². The third-order valence-electron chi connectivity index (χ3n) is 4.33. The summed E-state index contributed by atoms with van der Waals surface area (Å²) in [6.45, 7) is 2.25. The first kappa shape index (κ1) is 21.6. The average molecular weight is 427 g/mol. The van der Waals surface area contributed by atoms with E-state index in [-0.39, 0.29) is 28.6 Å². The molecule has 8 heteroatoms. The molecule has 1 heterocycles. The van der Waals surface area contributed by atoms with Crippen molar-refractivity contribution in [2.45, 2.75) is 18.6 Å². The Hall–Kier alpha value is -3.13. The first-order valence-electron chi connectivity index (χ1n) is 9.55. The van der Waals surface area contributed by atoms with Crippen molar-refractivity contribution in [3.05, 3.63) is 78.4 Å². The van der Waals surface area contributed by atoms with Crippen molar-refractivity contribution < 1.29 is 14.0 Å². The molecule has 2 N–H and O–H groups in total. The Morgan fingerprint density at radius 3 is 2.60 bits per heavy atom. The maximum absolute atomic E-state index is 12.9. The number of hydrogen-bond donors (Lipinski definition) is 2. The van der Waals surface area contributed by atoms with Gasteiger partial charge in [-0.15, -0.1) is 11.8 Å². The third kappa shape index (κ3) is 6.45. The number of nitrogens with one attached hydrogen (secondary N) is 2. The van der Waals surface area contributed by atoms with Crippen molar-refractivity contribution in [3.8, 4) is 5.69 Å². The molecule has 2 aromatic carbocycles. The van der Waals surface area contributed by atoms with E-state index in [0.29, 0.717) is 18.7 Å². The van der Waals surface area contributed by atoms with E-state index in [4.69, 9.17) is 0 Å². The summed E-state index contributed by atoms with van der Waals surface area (Å²) >= 11 is 1.25. The van der Waals surface area contributed by atoms with Crippen LogP contribution in [-0.2, 0) is 16.0 Å². The lowest BCUT2D eigenvalue weighted by Gasteiger charge is -2.12. The highest BCUT2D eigenvalue weighted by atomic mass is 32.2. The molecule has 156 valence electrons. The molecule has 0 saturated carbocycles. The molecular weight excluding hydrogens is 403 g/mol. The van der Waals surface area contributed by atoms with Gasteiger partial charge in [-0.2, -0.15) is 5.10 Å². The van der Waals surface area contributed by atoms with E-state index in [1.807, 2.05) is 36.5 Å². The smallest absolute Gasteiger partial charge is 0.234 e. The minimum absolute atomic E-state index is 0.120. The number of carbonyl (C=O) groups excluding carboxylic acids is 2. The van der Waals surface area contributed by atoms with Crippen LogP contribution in [-0.4, -0.2) is 39.1 Å². The van der Waals surface area contributed by atoms with E-state index in [9.17, 15) is 14.0 Å². The van der Waals surface area contributed by atoms with Gasteiger partial charge in [0.05, 0.1) is 22.9 Å². The molecule has 1 unspecified atom stereocenters. The van der Waals surface area contributed by atoms with Crippen molar-refractivity contribution in [1.29, 1.82) is 0 Å². The third-order valence-corrected chi connectivity index (χ3v) is 5.47. The average Bonchev–Trinajstić information content (AvgIpc) is 3.23. The largest absolute Gasteiger partial charge is 0.355 e. The Morgan fingerprint density at radius 2 is 1.87 bits per heavy atom. The molecule has 0 radical (unpaired) electrons. The van der Waals surface area contributed by atoms with Crippen molar-refractivity contribution >= 4 is 29.3 Å². The maximum atomic E-state index is 12.9. The van der Waals surface area contributed by atoms with Crippen LogP contribution in [0.3, 0.4) is 0 Å². The number of hydrogen-bond acceptors (Lipinski definition) is 4. The normalized spacial score (nSPS) is 11.7. The van der Waals surface area contributed by atoms with Gasteiger partial charge in [-0.05, 0) is 55.3 Å². The van der Waals surface area contributed by atoms with Crippen LogP contribution < -0.4 is 10.6 Å². The Labute approximate surface area is 178 Å². The molecule has 0 bridgehead atoms. The van der Waals surface area contributed by atoms with Crippen LogP contribution in [0.1, 0.15) is 12.5 Å². The predicted molar refractivity (Wildman–Crippen MR) is 117 cm³/mol. The Balaban J connectivity index is 1.37. The molecule has 0 saturated heterocycles. The highest BCUT2D eigenvalue weighted by molar-refractivity contribution is 8.01. The van der Waals surface area contributed by atoms with E-state index < -0.39 is 0 Å². The van der Waals surface area contributed by atoms with Crippen molar-refractivity contribution in [2.24, 2.45) is 0 Å². The fraction of sp³-hybridized carbons (Fsp3) is 0.227. The van der Waals surface area contributed by atoms with Crippen molar-refractivity contribution in [3.63, 3.8) is 0 Å². The summed E-state index contributed by atoms with van der Waals surface area (Å²) < 4.78 is 14.7. The zero-order valence-electron chi connectivity index (χ0n) is 16.5. The molecule has 3 aromatic rings. The molecule has 0 aliphatic rings. The van der Waals surface area contributed by atoms with E-state index in [0.717, 1.165) is 11.3 Å². The highest BCUT2D eigenvalue weighted by Gasteiger charge is 2.15. The number of rotatable bonds is 9. The summed E-state index contributed by atoms with van der Waals surface area (Å²) in [7, 11) is 0. The van der Waals surface area contributed by atoms with E-state index in [1.165, 1.54) is 36.0 Å². The molecule has 1 aromatic heterocycles. The lowest BCUT2D eigenvalue weighted by molar-refractivity contribution is -0.120. The number of thioether (sulfide) groups is 1. The molecule has 0 spiro atoms. The molecule has 1 atom stereocenters. The predicted octanol–water partition coefficient (Wildman–Crippen LogP) is 3.43. The molecule has 0 aliphatic heterocycles. The highest BCUT2D eigenvalue weighted by Crippen LogP contribution is 2.13. The number of para-hydroxylation sites is 1. The van der Waals surface area contributed by atoms with Crippen molar-refractivity contribution in [2.75, 3.05) is 17.6 Å². The van der Waals surface area contributed by atoms with Crippen LogP contribution in [0.25, 0.3) is 5.69 Å². The topological polar surface area (TPSA) is 76.0 Å². The molecule has 30 heavy (non-hydrogen) atoms. The summed E-state index contributed by atoms with van der Waals surface area (Å²) in [6.07, 6.45) is 4.40. The Kier molecular flexibility index (Phi) is 7.62. The lowest BCUT2D eigenvalue weighted by atomic mass is 10.2. The summed E-state index contributed by atoms with van der Waals surface area (Å²) in [4.78, 5) is 24.2. The van der Waals surface area contributed by atoms with Crippen LogP contribution in [0.2, 0.25) is 0 Å². The van der Waals surface area contributed by atoms with Gasteiger partial charge in [-0.3, -0.25) is 9.59 Å². The maximum Gasteiger partial charge on any atom is 0.234 e. The second-order valence-electron chi connectivity index (χ2n) is 6.68. The van der Waals surface area contributed by atoms with Crippen LogP contribution in [0.15, 0.2) is 67.0 Å². The lowest BCUT2D eigenvalue weighted by Crippen LogP contribution is -2.33. The van der Waals surface area contributed by atoms with Crippen LogP contribution >= 0.6 is 11.8 Å². The van der Waals surface area contributed by atoms with Gasteiger partial charge in [-0.25, -0.2) is 9.07 Å². The fourth-order valence-electron chi connectivity index (χ4n) is 2.69. The second kappa shape index (κ2) is 10.6. The number of amides is 2. The Bertz CT molecular complexity index is 976. The van der Waals surface area contributed by atoms with Gasteiger partial charge in [0.15, 0.2) is 0 Å². The van der Waals surface area contributed by atoms with Crippen LogP contribution in [0, 0.1) is 5.82 Å². The van der Waals surface area contributed by atoms with Gasteiger partial charge in [-0.1, -0.05) is 18.2 Å². The van der Waals surface area contributed by atoms with E-state index in [2.05, 4.69) is 15.7 Å². The van der Waals surface area contributed by atoms with Gasteiger partial charge in [0.2, 0.25) is 11.8 Å². The summed E-state index contributed by atoms with van der Waals surface area (Å²) in [5, 5.41) is 9.54. The number of anilines is 1. The first-order chi connectivity index (χ1) is 14.5. The molecule has 6 nitrogen and oxygen atoms in total. The van der Waals surface area contributed by atoms with Crippen LogP contribution in [0.5, 0.6) is 0 Å². The quantitative estimate of drug-likeness (QED) is 0.550.